The van der Waals surface area contributed by atoms with Gasteiger partial charge in [0.15, 0.2) is 0 Å². The Bertz CT molecular complexity index is 231. The molecule has 4 atom stereocenters. The summed E-state index contributed by atoms with van der Waals surface area (Å²) in [4.78, 5) is 23.2. The van der Waals surface area contributed by atoms with Gasteiger partial charge in [0.25, 0.3) is 0 Å². The molecule has 2 heteroatoms. The molecular weight excluding hydrogens is 164 g/mol. The SMILES string of the molecule is CC1CC(=O)C2CC1C(=O)CC2C. The van der Waals surface area contributed by atoms with Crippen LogP contribution in [0.15, 0.2) is 0 Å². The number of carbonyl (C=O) groups is 2. The van der Waals surface area contributed by atoms with Gasteiger partial charge in [-0.3, -0.25) is 9.59 Å². The number of carbonyl (C=O) groups excluding carboxylic acids is 2. The van der Waals surface area contributed by atoms with E-state index in [4.69, 9.17) is 0 Å². The van der Waals surface area contributed by atoms with Gasteiger partial charge in [0.05, 0.1) is 0 Å². The van der Waals surface area contributed by atoms with Gasteiger partial charge in [-0.15, -0.1) is 0 Å². The molecule has 0 heterocycles. The minimum Gasteiger partial charge on any atom is -0.299 e. The van der Waals surface area contributed by atoms with E-state index in [0.717, 1.165) is 6.42 Å². The molecule has 0 saturated heterocycles. The van der Waals surface area contributed by atoms with Crippen LogP contribution in [0.25, 0.3) is 0 Å². The van der Waals surface area contributed by atoms with Crippen LogP contribution in [0.1, 0.15) is 33.1 Å². The molecule has 0 spiro atoms. The molecular formula is C11H16O2. The fourth-order valence-corrected chi connectivity index (χ4v) is 2.86. The van der Waals surface area contributed by atoms with Crippen molar-refractivity contribution in [1.82, 2.24) is 0 Å². The molecule has 0 aliphatic heterocycles. The lowest BCUT2D eigenvalue weighted by Crippen LogP contribution is -2.43. The summed E-state index contributed by atoms with van der Waals surface area (Å²) in [7, 11) is 0. The summed E-state index contributed by atoms with van der Waals surface area (Å²) < 4.78 is 0. The van der Waals surface area contributed by atoms with Crippen LogP contribution in [0.2, 0.25) is 0 Å². The van der Waals surface area contributed by atoms with Gasteiger partial charge in [-0.05, 0) is 18.3 Å². The molecule has 2 bridgehead atoms. The van der Waals surface area contributed by atoms with E-state index in [1.807, 2.05) is 13.8 Å². The topological polar surface area (TPSA) is 34.1 Å². The summed E-state index contributed by atoms with van der Waals surface area (Å²) in [6, 6.07) is 0. The molecule has 2 saturated carbocycles. The third kappa shape index (κ3) is 1.32. The van der Waals surface area contributed by atoms with Crippen molar-refractivity contribution in [3.63, 3.8) is 0 Å². The second-order valence-electron chi connectivity index (χ2n) is 4.74. The van der Waals surface area contributed by atoms with Crippen LogP contribution in [0, 0.1) is 23.7 Å². The second kappa shape index (κ2) is 2.93. The van der Waals surface area contributed by atoms with Gasteiger partial charge in [0.1, 0.15) is 11.6 Å². The maximum Gasteiger partial charge on any atom is 0.136 e. The molecule has 2 fully saturated rings. The summed E-state index contributed by atoms with van der Waals surface area (Å²) in [5, 5.41) is 0. The van der Waals surface area contributed by atoms with Crippen LogP contribution in [0.4, 0.5) is 0 Å². The average Bonchev–Trinajstić information content (AvgIpc) is 2.02. The highest BCUT2D eigenvalue weighted by molar-refractivity contribution is 5.90. The average molecular weight is 180 g/mol. The highest BCUT2D eigenvalue weighted by Crippen LogP contribution is 2.41. The van der Waals surface area contributed by atoms with Crippen LogP contribution >= 0.6 is 0 Å². The third-order valence-corrected chi connectivity index (χ3v) is 3.76. The summed E-state index contributed by atoms with van der Waals surface area (Å²) in [5.41, 5.74) is 0. The van der Waals surface area contributed by atoms with Gasteiger partial charge in [0.2, 0.25) is 0 Å². The van der Waals surface area contributed by atoms with Crippen molar-refractivity contribution in [2.24, 2.45) is 23.7 Å². The van der Waals surface area contributed by atoms with E-state index in [-0.39, 0.29) is 11.8 Å². The fourth-order valence-electron chi connectivity index (χ4n) is 2.86. The van der Waals surface area contributed by atoms with E-state index in [0.29, 0.717) is 36.2 Å². The van der Waals surface area contributed by atoms with Crippen molar-refractivity contribution in [3.8, 4) is 0 Å². The molecule has 0 aromatic carbocycles. The van der Waals surface area contributed by atoms with E-state index in [2.05, 4.69) is 0 Å². The Morgan fingerprint density at radius 1 is 0.923 bits per heavy atom. The lowest BCUT2D eigenvalue weighted by atomic mass is 9.62. The molecule has 4 unspecified atom stereocenters. The number of fused-ring (bicyclic) bond motifs is 2. The standard InChI is InChI=1S/C11H16O2/c1-6-3-10(12)9-5-8(6)11(13)4-7(9)2/h6-9H,3-5H2,1-2H3. The smallest absolute Gasteiger partial charge is 0.136 e. The summed E-state index contributed by atoms with van der Waals surface area (Å²) in [6.07, 6.45) is 2.09. The molecule has 0 radical (unpaired) electrons. The Morgan fingerprint density at radius 3 is 1.69 bits per heavy atom. The lowest BCUT2D eigenvalue weighted by Gasteiger charge is -2.40. The Balaban J connectivity index is 2.23. The third-order valence-electron chi connectivity index (χ3n) is 3.76. The highest BCUT2D eigenvalue weighted by Gasteiger charge is 2.44. The van der Waals surface area contributed by atoms with Gasteiger partial charge in [0, 0.05) is 24.7 Å². The van der Waals surface area contributed by atoms with Crippen molar-refractivity contribution >= 4 is 11.6 Å². The van der Waals surface area contributed by atoms with Crippen LogP contribution in [0.3, 0.4) is 0 Å². The molecule has 0 aromatic heterocycles. The van der Waals surface area contributed by atoms with E-state index in [9.17, 15) is 9.59 Å². The molecule has 2 aliphatic rings. The maximum absolute atomic E-state index is 11.6. The molecule has 0 amide bonds. The minimum atomic E-state index is 0.193. The predicted molar refractivity (Wildman–Crippen MR) is 49.2 cm³/mol. The molecule has 2 nitrogen and oxygen atoms in total. The number of hydrogen-bond donors (Lipinski definition) is 0. The Hall–Kier alpha value is -0.660. The Morgan fingerprint density at radius 2 is 1.31 bits per heavy atom. The first-order valence-corrected chi connectivity index (χ1v) is 5.15. The van der Waals surface area contributed by atoms with Crippen molar-refractivity contribution in [2.45, 2.75) is 33.1 Å². The van der Waals surface area contributed by atoms with Crippen molar-refractivity contribution < 1.29 is 9.59 Å². The minimum absolute atomic E-state index is 0.193. The zero-order chi connectivity index (χ0) is 9.59. The van der Waals surface area contributed by atoms with Gasteiger partial charge in [-0.1, -0.05) is 13.8 Å². The number of rotatable bonds is 0. The van der Waals surface area contributed by atoms with E-state index in [1.54, 1.807) is 0 Å². The summed E-state index contributed by atoms with van der Waals surface area (Å²) in [6.45, 7) is 4.07. The molecule has 72 valence electrons. The number of hydrogen-bond acceptors (Lipinski definition) is 2. The van der Waals surface area contributed by atoms with Crippen molar-refractivity contribution in [1.29, 1.82) is 0 Å². The number of Topliss-reactive ketones (excluding diaryl/α,β-unsaturated/α-hetero) is 2. The first kappa shape index (κ1) is 8.92. The van der Waals surface area contributed by atoms with Gasteiger partial charge in [-0.2, -0.15) is 0 Å². The predicted octanol–water partition coefficient (Wildman–Crippen LogP) is 1.83. The molecule has 0 aromatic rings. The van der Waals surface area contributed by atoms with Crippen LogP contribution < -0.4 is 0 Å². The molecule has 2 aliphatic carbocycles. The summed E-state index contributed by atoms with van der Waals surface area (Å²) >= 11 is 0. The highest BCUT2D eigenvalue weighted by atomic mass is 16.1. The van der Waals surface area contributed by atoms with Gasteiger partial charge < -0.3 is 0 Å². The van der Waals surface area contributed by atoms with E-state index >= 15 is 0 Å². The maximum atomic E-state index is 11.6. The lowest BCUT2D eigenvalue weighted by molar-refractivity contribution is -0.140. The zero-order valence-electron chi connectivity index (χ0n) is 8.25. The number of ketones is 2. The molecule has 0 N–H and O–H groups in total. The van der Waals surface area contributed by atoms with Crippen LogP contribution in [-0.4, -0.2) is 11.6 Å². The monoisotopic (exact) mass is 180 g/mol. The fraction of sp³-hybridized carbons (Fsp3) is 0.818. The van der Waals surface area contributed by atoms with E-state index in [1.165, 1.54) is 0 Å². The van der Waals surface area contributed by atoms with Gasteiger partial charge in [-0.25, -0.2) is 0 Å². The zero-order valence-corrected chi connectivity index (χ0v) is 8.25. The van der Waals surface area contributed by atoms with Gasteiger partial charge >= 0.3 is 0 Å². The first-order chi connectivity index (χ1) is 6.09. The largest absolute Gasteiger partial charge is 0.299 e. The quantitative estimate of drug-likeness (QED) is 0.570. The van der Waals surface area contributed by atoms with E-state index < -0.39 is 0 Å². The molecule has 2 rings (SSSR count). The van der Waals surface area contributed by atoms with Crippen LogP contribution in [-0.2, 0) is 9.59 Å². The normalized spacial score (nSPS) is 45.1. The van der Waals surface area contributed by atoms with Crippen LogP contribution in [0.5, 0.6) is 0 Å². The van der Waals surface area contributed by atoms with Crippen molar-refractivity contribution in [3.05, 3.63) is 0 Å². The Kier molecular flexibility index (Phi) is 2.01. The van der Waals surface area contributed by atoms with Crippen molar-refractivity contribution in [2.75, 3.05) is 0 Å². The Labute approximate surface area is 78.7 Å². The summed E-state index contributed by atoms with van der Waals surface area (Å²) in [5.74, 6) is 1.76. The molecule has 13 heavy (non-hydrogen) atoms. The second-order valence-corrected chi connectivity index (χ2v) is 4.74. The first-order valence-electron chi connectivity index (χ1n) is 5.15.